The molecule has 3 unspecified atom stereocenters. The van der Waals surface area contributed by atoms with Crippen LogP contribution < -0.4 is 10.5 Å². The van der Waals surface area contributed by atoms with Gasteiger partial charge in [-0.1, -0.05) is 19.1 Å². The average Bonchev–Trinajstić information content (AvgIpc) is 3.06. The Morgan fingerprint density at radius 1 is 1.35 bits per heavy atom. The number of benzene rings is 1. The van der Waals surface area contributed by atoms with Crippen molar-refractivity contribution < 1.29 is 14.3 Å². The normalized spacial score (nSPS) is 29.2. The Morgan fingerprint density at radius 2 is 2.04 bits per heavy atom. The summed E-state index contributed by atoms with van der Waals surface area (Å²) in [5.74, 6) is 0.774. The molecule has 2 saturated heterocycles. The molecule has 26 heavy (non-hydrogen) atoms. The van der Waals surface area contributed by atoms with Crippen LogP contribution in [0.15, 0.2) is 24.3 Å². The number of ether oxygens (including phenoxy) is 1. The van der Waals surface area contributed by atoms with Gasteiger partial charge in [0.15, 0.2) is 0 Å². The lowest BCUT2D eigenvalue weighted by atomic mass is 9.83. The summed E-state index contributed by atoms with van der Waals surface area (Å²) in [5.41, 5.74) is 6.87. The Balaban J connectivity index is 1.85. The lowest BCUT2D eigenvalue weighted by molar-refractivity contribution is -0.146. The summed E-state index contributed by atoms with van der Waals surface area (Å²) in [7, 11) is 3.42. The number of amides is 2. The summed E-state index contributed by atoms with van der Waals surface area (Å²) in [4.78, 5) is 29.3. The molecule has 2 aliphatic rings. The van der Waals surface area contributed by atoms with E-state index < -0.39 is 0 Å². The Morgan fingerprint density at radius 3 is 2.62 bits per heavy atom. The van der Waals surface area contributed by atoms with Crippen LogP contribution in [0.25, 0.3) is 0 Å². The molecule has 0 aromatic heterocycles. The minimum absolute atomic E-state index is 0.00164. The molecule has 142 valence electrons. The molecule has 0 radical (unpaired) electrons. The van der Waals surface area contributed by atoms with Crippen molar-refractivity contribution in [2.75, 3.05) is 33.8 Å². The topological polar surface area (TPSA) is 75.9 Å². The number of rotatable bonds is 4. The van der Waals surface area contributed by atoms with E-state index in [1.807, 2.05) is 29.2 Å². The Labute approximate surface area is 155 Å². The highest BCUT2D eigenvalue weighted by Crippen LogP contribution is 2.39. The van der Waals surface area contributed by atoms with Crippen LogP contribution >= 0.6 is 0 Å². The van der Waals surface area contributed by atoms with Crippen LogP contribution in [0.2, 0.25) is 0 Å². The molecule has 2 heterocycles. The Hall–Kier alpha value is -2.08. The molecule has 2 amide bonds. The number of nitrogens with two attached hydrogens (primary N) is 1. The van der Waals surface area contributed by atoms with Gasteiger partial charge in [0.1, 0.15) is 5.75 Å². The number of likely N-dealkylation sites (tertiary alicyclic amines) is 2. The maximum atomic E-state index is 13.3. The van der Waals surface area contributed by atoms with Crippen LogP contribution in [0.5, 0.6) is 5.75 Å². The highest BCUT2D eigenvalue weighted by atomic mass is 16.5. The van der Waals surface area contributed by atoms with E-state index in [0.717, 1.165) is 24.3 Å². The van der Waals surface area contributed by atoms with Crippen LogP contribution in [-0.2, 0) is 9.59 Å². The van der Waals surface area contributed by atoms with Crippen molar-refractivity contribution in [2.45, 2.75) is 32.2 Å². The van der Waals surface area contributed by atoms with Crippen molar-refractivity contribution in [2.24, 2.45) is 17.1 Å². The molecule has 2 fully saturated rings. The summed E-state index contributed by atoms with van der Waals surface area (Å²) in [6.45, 7) is 4.17. The first-order valence-corrected chi connectivity index (χ1v) is 9.27. The number of methoxy groups -OCH3 is 1. The van der Waals surface area contributed by atoms with Gasteiger partial charge in [-0.15, -0.1) is 0 Å². The largest absolute Gasteiger partial charge is 0.497 e. The number of hydrogen-bond donors (Lipinski definition) is 1. The molecule has 0 aliphatic carbocycles. The zero-order valence-corrected chi connectivity index (χ0v) is 15.9. The fourth-order valence-corrected chi connectivity index (χ4v) is 4.17. The highest BCUT2D eigenvalue weighted by Gasteiger charge is 2.43. The van der Waals surface area contributed by atoms with E-state index in [1.165, 1.54) is 0 Å². The van der Waals surface area contributed by atoms with Gasteiger partial charge >= 0.3 is 0 Å². The summed E-state index contributed by atoms with van der Waals surface area (Å²) < 4.78 is 5.23. The quantitative estimate of drug-likeness (QED) is 0.889. The molecule has 1 aromatic rings. The van der Waals surface area contributed by atoms with E-state index in [1.54, 1.807) is 19.1 Å². The SMILES string of the molecule is COc1ccc(C2C(C(=O)N3CCC(C)(CN)C3)CCC(=O)N2C)cc1. The lowest BCUT2D eigenvalue weighted by Gasteiger charge is -2.40. The minimum atomic E-state index is -0.237. The number of piperidine rings is 1. The summed E-state index contributed by atoms with van der Waals surface area (Å²) in [6.07, 6.45) is 1.94. The zero-order valence-electron chi connectivity index (χ0n) is 15.9. The summed E-state index contributed by atoms with van der Waals surface area (Å²) in [5, 5.41) is 0. The smallest absolute Gasteiger partial charge is 0.228 e. The predicted octanol–water partition coefficient (Wildman–Crippen LogP) is 1.80. The molecule has 3 rings (SSSR count). The fraction of sp³-hybridized carbons (Fsp3) is 0.600. The monoisotopic (exact) mass is 359 g/mol. The summed E-state index contributed by atoms with van der Waals surface area (Å²) >= 11 is 0. The lowest BCUT2D eigenvalue weighted by Crippen LogP contribution is -2.47. The van der Waals surface area contributed by atoms with Gasteiger partial charge in [-0.3, -0.25) is 9.59 Å². The van der Waals surface area contributed by atoms with Crippen molar-refractivity contribution in [3.63, 3.8) is 0 Å². The van der Waals surface area contributed by atoms with Gasteiger partial charge in [0.25, 0.3) is 0 Å². The second kappa shape index (κ2) is 7.27. The van der Waals surface area contributed by atoms with Crippen LogP contribution in [-0.4, -0.2) is 55.4 Å². The van der Waals surface area contributed by atoms with E-state index in [9.17, 15) is 9.59 Å². The predicted molar refractivity (Wildman–Crippen MR) is 99.6 cm³/mol. The second-order valence-electron chi connectivity index (χ2n) is 7.89. The van der Waals surface area contributed by atoms with Gasteiger partial charge < -0.3 is 20.3 Å². The van der Waals surface area contributed by atoms with E-state index in [-0.39, 0.29) is 29.2 Å². The van der Waals surface area contributed by atoms with Gasteiger partial charge in [-0.05, 0) is 42.5 Å². The van der Waals surface area contributed by atoms with Crippen LogP contribution in [0.1, 0.15) is 37.8 Å². The first-order chi connectivity index (χ1) is 12.4. The van der Waals surface area contributed by atoms with Crippen LogP contribution in [0.4, 0.5) is 0 Å². The zero-order chi connectivity index (χ0) is 18.9. The number of carbonyl (C=O) groups excluding carboxylic acids is 2. The molecule has 0 spiro atoms. The molecule has 6 nitrogen and oxygen atoms in total. The third kappa shape index (κ3) is 3.43. The molecule has 0 bridgehead atoms. The molecule has 2 aliphatic heterocycles. The maximum Gasteiger partial charge on any atom is 0.228 e. The van der Waals surface area contributed by atoms with Crippen molar-refractivity contribution in [1.82, 2.24) is 9.80 Å². The number of nitrogens with zero attached hydrogens (tertiary/aromatic N) is 2. The van der Waals surface area contributed by atoms with Crippen molar-refractivity contribution >= 4 is 11.8 Å². The van der Waals surface area contributed by atoms with Crippen molar-refractivity contribution in [3.05, 3.63) is 29.8 Å². The van der Waals surface area contributed by atoms with Crippen molar-refractivity contribution in [1.29, 1.82) is 0 Å². The second-order valence-corrected chi connectivity index (χ2v) is 7.89. The Kier molecular flexibility index (Phi) is 5.23. The molecule has 0 saturated carbocycles. The first-order valence-electron chi connectivity index (χ1n) is 9.27. The number of hydrogen-bond acceptors (Lipinski definition) is 4. The van der Waals surface area contributed by atoms with Crippen LogP contribution in [0.3, 0.4) is 0 Å². The van der Waals surface area contributed by atoms with E-state index in [2.05, 4.69) is 6.92 Å². The molecular weight excluding hydrogens is 330 g/mol. The van der Waals surface area contributed by atoms with Gasteiger partial charge in [0.2, 0.25) is 11.8 Å². The average molecular weight is 359 g/mol. The highest BCUT2D eigenvalue weighted by molar-refractivity contribution is 5.85. The Bertz CT molecular complexity index is 675. The van der Waals surface area contributed by atoms with Crippen LogP contribution in [0, 0.1) is 11.3 Å². The third-order valence-electron chi connectivity index (χ3n) is 6.00. The minimum Gasteiger partial charge on any atom is -0.497 e. The standard InChI is InChI=1S/C20H29N3O3/c1-20(12-21)10-11-23(13-20)19(25)16-8-9-17(24)22(2)18(16)14-4-6-15(26-3)7-5-14/h4-7,16,18H,8-13,21H2,1-3H3. The van der Waals surface area contributed by atoms with E-state index >= 15 is 0 Å². The maximum absolute atomic E-state index is 13.3. The first kappa shape index (κ1) is 18.7. The number of carbonyl (C=O) groups is 2. The molecular formula is C20H29N3O3. The third-order valence-corrected chi connectivity index (χ3v) is 6.00. The summed E-state index contributed by atoms with van der Waals surface area (Å²) in [6, 6.07) is 7.43. The molecule has 6 heteroatoms. The van der Waals surface area contributed by atoms with Gasteiger partial charge in [-0.2, -0.15) is 0 Å². The van der Waals surface area contributed by atoms with E-state index in [0.29, 0.717) is 25.9 Å². The molecule has 3 atom stereocenters. The fourth-order valence-electron chi connectivity index (χ4n) is 4.17. The molecule has 1 aromatic carbocycles. The molecule has 2 N–H and O–H groups in total. The van der Waals surface area contributed by atoms with E-state index in [4.69, 9.17) is 10.5 Å². The van der Waals surface area contributed by atoms with Gasteiger partial charge in [0.05, 0.1) is 19.1 Å². The van der Waals surface area contributed by atoms with Crippen molar-refractivity contribution in [3.8, 4) is 5.75 Å². The van der Waals surface area contributed by atoms with Gasteiger partial charge in [-0.25, -0.2) is 0 Å². The van der Waals surface area contributed by atoms with Gasteiger partial charge in [0, 0.05) is 26.6 Å².